The Balaban J connectivity index is 1.60. The molecule has 4 heterocycles. The van der Waals surface area contributed by atoms with Gasteiger partial charge in [0.15, 0.2) is 11.5 Å². The number of rotatable bonds is 4. The summed E-state index contributed by atoms with van der Waals surface area (Å²) in [5.74, 6) is 1.31. The third-order valence-electron chi connectivity index (χ3n) is 4.65. The number of aryl methyl sites for hydroxylation is 1. The summed E-state index contributed by atoms with van der Waals surface area (Å²) in [6.07, 6.45) is 1.75. The quantitative estimate of drug-likeness (QED) is 0.700. The SMILES string of the molecule is CC(C)c1noc([C@H]2CCCN2C(=O)c2cc(-c3cccs3)n(C)n2)n1. The number of amides is 1. The normalized spacial score (nSPS) is 17.4. The first-order valence-corrected chi connectivity index (χ1v) is 9.65. The highest BCUT2D eigenvalue weighted by atomic mass is 32.1. The van der Waals surface area contributed by atoms with Gasteiger partial charge in [-0.15, -0.1) is 11.3 Å². The lowest BCUT2D eigenvalue weighted by molar-refractivity contribution is 0.0703. The van der Waals surface area contributed by atoms with Crippen molar-refractivity contribution in [3.63, 3.8) is 0 Å². The fraction of sp³-hybridized carbons (Fsp3) is 0.444. The van der Waals surface area contributed by atoms with E-state index in [0.717, 1.165) is 23.4 Å². The van der Waals surface area contributed by atoms with Gasteiger partial charge in [-0.25, -0.2) is 0 Å². The third kappa shape index (κ3) is 2.94. The van der Waals surface area contributed by atoms with Crippen LogP contribution in [0.2, 0.25) is 0 Å². The topological polar surface area (TPSA) is 77.0 Å². The van der Waals surface area contributed by atoms with Crippen LogP contribution in [-0.2, 0) is 7.05 Å². The first-order chi connectivity index (χ1) is 12.5. The number of aromatic nitrogens is 4. The van der Waals surface area contributed by atoms with Gasteiger partial charge in [0.1, 0.15) is 6.04 Å². The summed E-state index contributed by atoms with van der Waals surface area (Å²) in [5, 5.41) is 10.5. The molecular formula is C18H21N5O2S. The predicted molar refractivity (Wildman–Crippen MR) is 97.9 cm³/mol. The minimum Gasteiger partial charge on any atom is -0.337 e. The minimum atomic E-state index is -0.172. The number of thiophene rings is 1. The van der Waals surface area contributed by atoms with Gasteiger partial charge in [0.05, 0.1) is 10.6 Å². The molecule has 0 saturated carbocycles. The molecular weight excluding hydrogens is 350 g/mol. The summed E-state index contributed by atoms with van der Waals surface area (Å²) in [4.78, 5) is 20.5. The Bertz CT molecular complexity index is 912. The van der Waals surface area contributed by atoms with E-state index in [1.807, 2.05) is 44.5 Å². The molecule has 3 aromatic heterocycles. The van der Waals surface area contributed by atoms with E-state index >= 15 is 0 Å². The van der Waals surface area contributed by atoms with Gasteiger partial charge in [-0.2, -0.15) is 10.1 Å². The van der Waals surface area contributed by atoms with Crippen molar-refractivity contribution in [2.75, 3.05) is 6.54 Å². The maximum absolute atomic E-state index is 13.1. The fourth-order valence-electron chi connectivity index (χ4n) is 3.26. The van der Waals surface area contributed by atoms with Gasteiger partial charge in [0.2, 0.25) is 5.89 Å². The summed E-state index contributed by atoms with van der Waals surface area (Å²) < 4.78 is 7.19. The second-order valence-electron chi connectivity index (χ2n) is 6.82. The molecule has 0 aliphatic carbocycles. The van der Waals surface area contributed by atoms with Gasteiger partial charge >= 0.3 is 0 Å². The van der Waals surface area contributed by atoms with Crippen LogP contribution in [0.3, 0.4) is 0 Å². The number of nitrogens with zero attached hydrogens (tertiary/aromatic N) is 5. The molecule has 1 aliphatic rings. The second-order valence-corrected chi connectivity index (χ2v) is 7.77. The number of carbonyl (C=O) groups is 1. The van der Waals surface area contributed by atoms with Gasteiger partial charge in [0, 0.05) is 19.5 Å². The lowest BCUT2D eigenvalue weighted by Gasteiger charge is -2.20. The molecule has 1 saturated heterocycles. The Morgan fingerprint density at radius 3 is 2.96 bits per heavy atom. The average molecular weight is 371 g/mol. The molecule has 4 rings (SSSR count). The van der Waals surface area contributed by atoms with Crippen molar-refractivity contribution < 1.29 is 9.32 Å². The van der Waals surface area contributed by atoms with E-state index in [9.17, 15) is 4.79 Å². The number of carbonyl (C=O) groups excluding carboxylic acids is 1. The highest BCUT2D eigenvalue weighted by Crippen LogP contribution is 2.33. The van der Waals surface area contributed by atoms with Gasteiger partial charge in [-0.1, -0.05) is 25.1 Å². The van der Waals surface area contributed by atoms with Crippen molar-refractivity contribution in [1.82, 2.24) is 24.8 Å². The maximum Gasteiger partial charge on any atom is 0.275 e. The van der Waals surface area contributed by atoms with Crippen molar-refractivity contribution in [2.24, 2.45) is 7.05 Å². The molecule has 1 aliphatic heterocycles. The number of hydrogen-bond acceptors (Lipinski definition) is 6. The molecule has 8 heteroatoms. The average Bonchev–Trinajstić information content (AvgIpc) is 3.37. The Kier molecular flexibility index (Phi) is 4.36. The van der Waals surface area contributed by atoms with E-state index in [0.29, 0.717) is 24.0 Å². The third-order valence-corrected chi connectivity index (χ3v) is 5.54. The van der Waals surface area contributed by atoms with Crippen LogP contribution in [0.1, 0.15) is 60.9 Å². The largest absolute Gasteiger partial charge is 0.337 e. The van der Waals surface area contributed by atoms with Gasteiger partial charge < -0.3 is 9.42 Å². The Morgan fingerprint density at radius 2 is 2.27 bits per heavy atom. The van der Waals surface area contributed by atoms with E-state index in [2.05, 4.69) is 15.2 Å². The molecule has 0 aromatic carbocycles. The molecule has 26 heavy (non-hydrogen) atoms. The summed E-state index contributed by atoms with van der Waals surface area (Å²) in [6.45, 7) is 4.71. The van der Waals surface area contributed by atoms with Gasteiger partial charge in [0.25, 0.3) is 5.91 Å². The van der Waals surface area contributed by atoms with Crippen LogP contribution in [0.4, 0.5) is 0 Å². The molecule has 1 fully saturated rings. The van der Waals surface area contributed by atoms with E-state index in [4.69, 9.17) is 4.52 Å². The zero-order chi connectivity index (χ0) is 18.3. The summed E-state index contributed by atoms with van der Waals surface area (Å²) in [6, 6.07) is 5.71. The second kappa shape index (κ2) is 6.68. The van der Waals surface area contributed by atoms with Crippen molar-refractivity contribution >= 4 is 17.2 Å². The smallest absolute Gasteiger partial charge is 0.275 e. The highest BCUT2D eigenvalue weighted by molar-refractivity contribution is 7.13. The number of likely N-dealkylation sites (tertiary alicyclic amines) is 1. The standard InChI is InChI=1S/C18H21N5O2S/c1-11(2)16-19-17(25-21-16)13-6-4-8-23(13)18(24)12-10-14(22(3)20-12)15-7-5-9-26-15/h5,7,9-11,13H,4,6,8H2,1-3H3/t13-/m1/s1. The van der Waals surface area contributed by atoms with E-state index < -0.39 is 0 Å². The molecule has 3 aromatic rings. The summed E-state index contributed by atoms with van der Waals surface area (Å²) >= 11 is 1.63. The Hall–Kier alpha value is -2.48. The minimum absolute atomic E-state index is 0.0878. The van der Waals surface area contributed by atoms with Crippen molar-refractivity contribution in [2.45, 2.75) is 38.6 Å². The van der Waals surface area contributed by atoms with Crippen LogP contribution in [0.25, 0.3) is 10.6 Å². The van der Waals surface area contributed by atoms with Crippen LogP contribution in [-0.4, -0.2) is 37.3 Å². The molecule has 0 bridgehead atoms. The predicted octanol–water partition coefficient (Wildman–Crippen LogP) is 3.63. The van der Waals surface area contributed by atoms with E-state index in [-0.39, 0.29) is 17.9 Å². The van der Waals surface area contributed by atoms with E-state index in [1.165, 1.54) is 0 Å². The molecule has 0 radical (unpaired) electrons. The molecule has 7 nitrogen and oxygen atoms in total. The first kappa shape index (κ1) is 17.0. The van der Waals surface area contributed by atoms with Crippen LogP contribution in [0, 0.1) is 0 Å². The van der Waals surface area contributed by atoms with Crippen molar-refractivity contribution in [3.8, 4) is 10.6 Å². The molecule has 1 atom stereocenters. The zero-order valence-corrected chi connectivity index (χ0v) is 15.9. The lowest BCUT2D eigenvalue weighted by atomic mass is 10.2. The van der Waals surface area contributed by atoms with E-state index in [1.54, 1.807) is 20.9 Å². The Morgan fingerprint density at radius 1 is 1.42 bits per heavy atom. The van der Waals surface area contributed by atoms with Gasteiger partial charge in [-0.3, -0.25) is 9.48 Å². The molecule has 1 amide bonds. The fourth-order valence-corrected chi connectivity index (χ4v) is 4.03. The Labute approximate surface area is 155 Å². The molecule has 136 valence electrons. The van der Waals surface area contributed by atoms with Crippen LogP contribution in [0.5, 0.6) is 0 Å². The van der Waals surface area contributed by atoms with Crippen LogP contribution >= 0.6 is 11.3 Å². The van der Waals surface area contributed by atoms with Gasteiger partial charge in [-0.05, 0) is 30.4 Å². The molecule has 0 N–H and O–H groups in total. The maximum atomic E-state index is 13.1. The molecule has 0 unspecified atom stereocenters. The van der Waals surface area contributed by atoms with Crippen LogP contribution < -0.4 is 0 Å². The van der Waals surface area contributed by atoms with Crippen LogP contribution in [0.15, 0.2) is 28.1 Å². The summed E-state index contributed by atoms with van der Waals surface area (Å²) in [5.41, 5.74) is 1.39. The van der Waals surface area contributed by atoms with Crippen molar-refractivity contribution in [3.05, 3.63) is 41.0 Å². The first-order valence-electron chi connectivity index (χ1n) is 8.77. The monoisotopic (exact) mass is 371 g/mol. The molecule has 0 spiro atoms. The zero-order valence-electron chi connectivity index (χ0n) is 15.0. The number of hydrogen-bond donors (Lipinski definition) is 0. The highest BCUT2D eigenvalue weighted by Gasteiger charge is 2.35. The lowest BCUT2D eigenvalue weighted by Crippen LogP contribution is -2.31. The summed E-state index contributed by atoms with van der Waals surface area (Å²) in [7, 11) is 1.86. The van der Waals surface area contributed by atoms with Crippen molar-refractivity contribution in [1.29, 1.82) is 0 Å².